The van der Waals surface area contributed by atoms with Crippen molar-refractivity contribution in [1.82, 2.24) is 15.3 Å². The molecule has 0 fully saturated rings. The van der Waals surface area contributed by atoms with Crippen LogP contribution in [0.5, 0.6) is 5.88 Å². The fourth-order valence-electron chi connectivity index (χ4n) is 2.42. The number of rotatable bonds is 7. The summed E-state index contributed by atoms with van der Waals surface area (Å²) in [6, 6.07) is 9.58. The smallest absolute Gasteiger partial charge is 0.220 e. The molecular weight excluding hydrogens is 337 g/mol. The first-order chi connectivity index (χ1) is 12.7. The van der Waals surface area contributed by atoms with Crippen molar-refractivity contribution >= 4 is 5.91 Å². The molecule has 0 unspecified atom stereocenters. The molecule has 2 heterocycles. The number of methoxy groups -OCH3 is 1. The van der Waals surface area contributed by atoms with Crippen LogP contribution < -0.4 is 10.1 Å². The van der Waals surface area contributed by atoms with E-state index in [0.29, 0.717) is 30.5 Å². The third-order valence-electron chi connectivity index (χ3n) is 3.77. The van der Waals surface area contributed by atoms with Crippen LogP contribution in [0.2, 0.25) is 0 Å². The van der Waals surface area contributed by atoms with Gasteiger partial charge in [0.15, 0.2) is 11.7 Å². The molecule has 134 valence electrons. The second-order valence-corrected chi connectivity index (χ2v) is 5.57. The van der Waals surface area contributed by atoms with Gasteiger partial charge in [-0.15, -0.1) is 0 Å². The van der Waals surface area contributed by atoms with Crippen LogP contribution >= 0.6 is 0 Å². The van der Waals surface area contributed by atoms with Crippen molar-refractivity contribution in [3.63, 3.8) is 0 Å². The molecule has 0 saturated carbocycles. The molecule has 0 bridgehead atoms. The molecule has 3 rings (SSSR count). The zero-order valence-electron chi connectivity index (χ0n) is 14.2. The monoisotopic (exact) mass is 355 g/mol. The highest BCUT2D eigenvalue weighted by Gasteiger charge is 2.10. The highest BCUT2D eigenvalue weighted by molar-refractivity contribution is 5.76. The van der Waals surface area contributed by atoms with Gasteiger partial charge in [0.2, 0.25) is 11.8 Å². The Morgan fingerprint density at radius 1 is 1.23 bits per heavy atom. The number of nitrogens with zero attached hydrogens (tertiary/aromatic N) is 2. The van der Waals surface area contributed by atoms with E-state index in [1.165, 1.54) is 19.2 Å². The van der Waals surface area contributed by atoms with Crippen LogP contribution in [0.15, 0.2) is 53.2 Å². The lowest BCUT2D eigenvalue weighted by Gasteiger charge is -2.08. The van der Waals surface area contributed by atoms with Crippen LogP contribution in [0.25, 0.3) is 11.3 Å². The standard InChI is InChI=1S/C19H18FN3O3/c1-25-19-14(3-2-10-21-19)11-22-17(24)8-9-18-23-12-16(26-18)13-4-6-15(20)7-5-13/h2-7,10,12H,8-9,11H2,1H3,(H,22,24). The van der Waals surface area contributed by atoms with E-state index in [4.69, 9.17) is 9.15 Å². The number of oxazole rings is 1. The first-order valence-electron chi connectivity index (χ1n) is 8.11. The van der Waals surface area contributed by atoms with Crippen LogP contribution in [0.1, 0.15) is 17.9 Å². The van der Waals surface area contributed by atoms with Crippen molar-refractivity contribution in [3.05, 3.63) is 66.1 Å². The molecule has 3 aromatic rings. The number of halogens is 1. The lowest BCUT2D eigenvalue weighted by Crippen LogP contribution is -2.23. The summed E-state index contributed by atoms with van der Waals surface area (Å²) in [5, 5.41) is 2.82. The van der Waals surface area contributed by atoms with Crippen LogP contribution in [-0.2, 0) is 17.8 Å². The third kappa shape index (κ3) is 4.44. The van der Waals surface area contributed by atoms with Crippen molar-refractivity contribution in [2.75, 3.05) is 7.11 Å². The molecular formula is C19H18FN3O3. The maximum Gasteiger partial charge on any atom is 0.220 e. The Hall–Kier alpha value is -3.22. The average molecular weight is 355 g/mol. The highest BCUT2D eigenvalue weighted by atomic mass is 19.1. The molecule has 7 heteroatoms. The summed E-state index contributed by atoms with van der Waals surface area (Å²) in [6.45, 7) is 0.336. The van der Waals surface area contributed by atoms with Gasteiger partial charge < -0.3 is 14.5 Å². The fourth-order valence-corrected chi connectivity index (χ4v) is 2.42. The lowest BCUT2D eigenvalue weighted by atomic mass is 10.2. The molecule has 0 aliphatic rings. The predicted molar refractivity (Wildman–Crippen MR) is 92.9 cm³/mol. The molecule has 26 heavy (non-hydrogen) atoms. The van der Waals surface area contributed by atoms with Crippen molar-refractivity contribution in [2.24, 2.45) is 0 Å². The predicted octanol–water partition coefficient (Wildman–Crippen LogP) is 3.13. The Morgan fingerprint density at radius 2 is 2.04 bits per heavy atom. The topological polar surface area (TPSA) is 77.2 Å². The van der Waals surface area contributed by atoms with Gasteiger partial charge in [-0.2, -0.15) is 0 Å². The minimum absolute atomic E-state index is 0.127. The highest BCUT2D eigenvalue weighted by Crippen LogP contribution is 2.21. The van der Waals surface area contributed by atoms with E-state index in [2.05, 4.69) is 15.3 Å². The Balaban J connectivity index is 1.51. The number of aromatic nitrogens is 2. The molecule has 2 aromatic heterocycles. The second kappa shape index (κ2) is 8.24. The number of aryl methyl sites for hydroxylation is 1. The maximum atomic E-state index is 13.0. The summed E-state index contributed by atoms with van der Waals surface area (Å²) >= 11 is 0. The zero-order chi connectivity index (χ0) is 18.4. The molecule has 0 radical (unpaired) electrons. The summed E-state index contributed by atoms with van der Waals surface area (Å²) in [4.78, 5) is 20.3. The van der Waals surface area contributed by atoms with Crippen molar-refractivity contribution in [2.45, 2.75) is 19.4 Å². The lowest BCUT2D eigenvalue weighted by molar-refractivity contribution is -0.121. The number of hydrogen-bond donors (Lipinski definition) is 1. The number of carbonyl (C=O) groups excluding carboxylic acids is 1. The molecule has 0 aliphatic carbocycles. The van der Waals surface area contributed by atoms with E-state index in [0.717, 1.165) is 11.1 Å². The van der Waals surface area contributed by atoms with Gasteiger partial charge in [-0.25, -0.2) is 14.4 Å². The number of hydrogen-bond acceptors (Lipinski definition) is 5. The number of nitrogens with one attached hydrogen (secondary N) is 1. The molecule has 1 amide bonds. The second-order valence-electron chi connectivity index (χ2n) is 5.57. The van der Waals surface area contributed by atoms with Crippen LogP contribution in [0.4, 0.5) is 4.39 Å². The van der Waals surface area contributed by atoms with Crippen LogP contribution in [0.3, 0.4) is 0 Å². The van der Waals surface area contributed by atoms with E-state index in [1.54, 1.807) is 30.6 Å². The Bertz CT molecular complexity index is 878. The Kier molecular flexibility index (Phi) is 5.58. The maximum absolute atomic E-state index is 13.0. The van der Waals surface area contributed by atoms with Crippen LogP contribution in [0, 0.1) is 5.82 Å². The molecule has 1 aromatic carbocycles. The molecule has 0 aliphatic heterocycles. The van der Waals surface area contributed by atoms with E-state index in [1.807, 2.05) is 6.07 Å². The van der Waals surface area contributed by atoms with Gasteiger partial charge in [-0.1, -0.05) is 6.07 Å². The number of benzene rings is 1. The van der Waals surface area contributed by atoms with Gasteiger partial charge in [0, 0.05) is 36.7 Å². The number of amides is 1. The largest absolute Gasteiger partial charge is 0.481 e. The van der Waals surface area contributed by atoms with Crippen molar-refractivity contribution in [1.29, 1.82) is 0 Å². The number of pyridine rings is 1. The Labute approximate surface area is 150 Å². The molecule has 0 saturated heterocycles. The van der Waals surface area contributed by atoms with E-state index in [9.17, 15) is 9.18 Å². The average Bonchev–Trinajstić information content (AvgIpc) is 3.14. The van der Waals surface area contributed by atoms with E-state index in [-0.39, 0.29) is 18.1 Å². The quantitative estimate of drug-likeness (QED) is 0.704. The van der Waals surface area contributed by atoms with Crippen molar-refractivity contribution < 1.29 is 18.3 Å². The minimum Gasteiger partial charge on any atom is -0.481 e. The fraction of sp³-hybridized carbons (Fsp3) is 0.211. The first-order valence-corrected chi connectivity index (χ1v) is 8.11. The molecule has 0 spiro atoms. The van der Waals surface area contributed by atoms with E-state index < -0.39 is 0 Å². The molecule has 6 nitrogen and oxygen atoms in total. The summed E-state index contributed by atoms with van der Waals surface area (Å²) in [5.74, 6) is 1.05. The van der Waals surface area contributed by atoms with Crippen LogP contribution in [-0.4, -0.2) is 23.0 Å². The van der Waals surface area contributed by atoms with Gasteiger partial charge >= 0.3 is 0 Å². The third-order valence-corrected chi connectivity index (χ3v) is 3.77. The van der Waals surface area contributed by atoms with Crippen molar-refractivity contribution in [3.8, 4) is 17.2 Å². The first kappa shape index (κ1) is 17.6. The van der Waals surface area contributed by atoms with Gasteiger partial charge in [0.05, 0.1) is 13.3 Å². The Morgan fingerprint density at radius 3 is 2.81 bits per heavy atom. The van der Waals surface area contributed by atoms with Gasteiger partial charge in [-0.05, 0) is 30.3 Å². The summed E-state index contributed by atoms with van der Waals surface area (Å²) < 4.78 is 23.7. The normalized spacial score (nSPS) is 10.5. The molecule has 1 N–H and O–H groups in total. The minimum atomic E-state index is -0.310. The summed E-state index contributed by atoms with van der Waals surface area (Å²) in [6.07, 6.45) is 3.82. The molecule has 0 atom stereocenters. The summed E-state index contributed by atoms with van der Waals surface area (Å²) in [7, 11) is 1.54. The van der Waals surface area contributed by atoms with E-state index >= 15 is 0 Å². The zero-order valence-corrected chi connectivity index (χ0v) is 14.2. The SMILES string of the molecule is COc1ncccc1CNC(=O)CCc1ncc(-c2ccc(F)cc2)o1. The van der Waals surface area contributed by atoms with Gasteiger partial charge in [0.25, 0.3) is 0 Å². The number of carbonyl (C=O) groups is 1. The summed E-state index contributed by atoms with van der Waals surface area (Å²) in [5.41, 5.74) is 1.54. The van der Waals surface area contributed by atoms with Gasteiger partial charge in [0.1, 0.15) is 5.82 Å². The van der Waals surface area contributed by atoms with Gasteiger partial charge in [-0.3, -0.25) is 4.79 Å². The number of ether oxygens (including phenoxy) is 1.